The fourth-order valence-corrected chi connectivity index (χ4v) is 2.74. The molecule has 4 nitrogen and oxygen atoms in total. The quantitative estimate of drug-likeness (QED) is 0.856. The van der Waals surface area contributed by atoms with E-state index >= 15 is 0 Å². The van der Waals surface area contributed by atoms with Crippen molar-refractivity contribution in [2.75, 3.05) is 25.1 Å². The van der Waals surface area contributed by atoms with Crippen LogP contribution in [0, 0.1) is 0 Å². The van der Waals surface area contributed by atoms with Crippen LogP contribution < -0.4 is 4.90 Å². The van der Waals surface area contributed by atoms with Crippen molar-refractivity contribution in [3.63, 3.8) is 0 Å². The molecule has 0 spiro atoms. The molecule has 1 fully saturated rings. The van der Waals surface area contributed by atoms with Gasteiger partial charge in [-0.25, -0.2) is 4.79 Å². The number of anilines is 1. The fraction of sp³-hybridized carbons (Fsp3) is 0.400. The summed E-state index contributed by atoms with van der Waals surface area (Å²) in [5.74, 6) is -0.896. The van der Waals surface area contributed by atoms with Crippen molar-refractivity contribution >= 4 is 33.7 Å². The molecular formula is C15H18BrNO3. The van der Waals surface area contributed by atoms with Crippen molar-refractivity contribution in [1.82, 2.24) is 0 Å². The molecule has 2 rings (SSSR count). The Morgan fingerprint density at radius 2 is 2.30 bits per heavy atom. The summed E-state index contributed by atoms with van der Waals surface area (Å²) < 4.78 is 6.32. The first-order valence-electron chi connectivity index (χ1n) is 6.50. The molecule has 5 heteroatoms. The molecule has 0 radical (unpaired) electrons. The van der Waals surface area contributed by atoms with Gasteiger partial charge < -0.3 is 14.7 Å². The van der Waals surface area contributed by atoms with E-state index in [-0.39, 0.29) is 6.10 Å². The number of carboxylic acids is 1. The van der Waals surface area contributed by atoms with Crippen LogP contribution in [0.25, 0.3) is 6.08 Å². The molecule has 0 aromatic heterocycles. The zero-order chi connectivity index (χ0) is 14.7. The SMILES string of the molecule is COC1CCN(c2ccc(Br)cc2C=C(C)C(=O)O)C1. The van der Waals surface area contributed by atoms with Gasteiger partial charge in [-0.05, 0) is 43.2 Å². The summed E-state index contributed by atoms with van der Waals surface area (Å²) in [5.41, 5.74) is 2.29. The number of aliphatic carboxylic acids is 1. The van der Waals surface area contributed by atoms with E-state index in [2.05, 4.69) is 20.8 Å². The highest BCUT2D eigenvalue weighted by atomic mass is 79.9. The predicted molar refractivity (Wildman–Crippen MR) is 83.1 cm³/mol. The summed E-state index contributed by atoms with van der Waals surface area (Å²) in [5, 5.41) is 9.04. The van der Waals surface area contributed by atoms with Crippen LogP contribution in [0.5, 0.6) is 0 Å². The number of ether oxygens (including phenoxy) is 1. The summed E-state index contributed by atoms with van der Waals surface area (Å²) in [6, 6.07) is 5.94. The third-order valence-electron chi connectivity index (χ3n) is 3.52. The largest absolute Gasteiger partial charge is 0.478 e. The van der Waals surface area contributed by atoms with Gasteiger partial charge in [0, 0.05) is 35.9 Å². The van der Waals surface area contributed by atoms with E-state index in [0.29, 0.717) is 5.57 Å². The molecule has 1 aromatic carbocycles. The number of benzene rings is 1. The third kappa shape index (κ3) is 3.41. The lowest BCUT2D eigenvalue weighted by Gasteiger charge is -2.21. The van der Waals surface area contributed by atoms with Crippen LogP contribution in [0.1, 0.15) is 18.9 Å². The molecule has 20 heavy (non-hydrogen) atoms. The lowest BCUT2D eigenvalue weighted by atomic mass is 10.1. The number of carboxylic acid groups (broad SMARTS) is 1. The Hall–Kier alpha value is -1.33. The van der Waals surface area contributed by atoms with Crippen molar-refractivity contribution in [3.05, 3.63) is 33.8 Å². The smallest absolute Gasteiger partial charge is 0.331 e. The average Bonchev–Trinajstić information content (AvgIpc) is 2.87. The van der Waals surface area contributed by atoms with Gasteiger partial charge in [0.1, 0.15) is 0 Å². The van der Waals surface area contributed by atoms with Gasteiger partial charge in [0.15, 0.2) is 0 Å². The molecule has 1 heterocycles. The Morgan fingerprint density at radius 3 is 2.90 bits per heavy atom. The van der Waals surface area contributed by atoms with Gasteiger partial charge in [-0.1, -0.05) is 15.9 Å². The van der Waals surface area contributed by atoms with Crippen LogP contribution in [0.2, 0.25) is 0 Å². The Labute approximate surface area is 127 Å². The summed E-state index contributed by atoms with van der Waals surface area (Å²) in [4.78, 5) is 13.2. The van der Waals surface area contributed by atoms with E-state index < -0.39 is 5.97 Å². The Kier molecular flexibility index (Phi) is 4.83. The van der Waals surface area contributed by atoms with Gasteiger partial charge in [-0.15, -0.1) is 0 Å². The van der Waals surface area contributed by atoms with Crippen molar-refractivity contribution in [1.29, 1.82) is 0 Å². The monoisotopic (exact) mass is 339 g/mol. The van der Waals surface area contributed by atoms with E-state index in [0.717, 1.165) is 35.2 Å². The maximum atomic E-state index is 11.0. The van der Waals surface area contributed by atoms with Crippen LogP contribution >= 0.6 is 15.9 Å². The van der Waals surface area contributed by atoms with Gasteiger partial charge in [0.2, 0.25) is 0 Å². The summed E-state index contributed by atoms with van der Waals surface area (Å²) >= 11 is 3.44. The van der Waals surface area contributed by atoms with E-state index in [9.17, 15) is 4.79 Å². The molecule has 1 saturated heterocycles. The minimum absolute atomic E-state index is 0.246. The van der Waals surface area contributed by atoms with Gasteiger partial charge in [0.25, 0.3) is 0 Å². The lowest BCUT2D eigenvalue weighted by molar-refractivity contribution is -0.132. The Balaban J connectivity index is 2.34. The van der Waals surface area contributed by atoms with Crippen LogP contribution in [0.4, 0.5) is 5.69 Å². The maximum absolute atomic E-state index is 11.0. The normalized spacial score (nSPS) is 19.4. The van der Waals surface area contributed by atoms with E-state index in [1.165, 1.54) is 0 Å². The van der Waals surface area contributed by atoms with E-state index in [4.69, 9.17) is 9.84 Å². The predicted octanol–water partition coefficient (Wildman–Crippen LogP) is 3.16. The Morgan fingerprint density at radius 1 is 1.55 bits per heavy atom. The first-order chi connectivity index (χ1) is 9.51. The number of hydrogen-bond acceptors (Lipinski definition) is 3. The summed E-state index contributed by atoms with van der Waals surface area (Å²) in [6.07, 6.45) is 2.95. The number of methoxy groups -OCH3 is 1. The number of hydrogen-bond donors (Lipinski definition) is 1. The molecular weight excluding hydrogens is 322 g/mol. The molecule has 1 aromatic rings. The van der Waals surface area contributed by atoms with Crippen molar-refractivity contribution in [3.8, 4) is 0 Å². The standard InChI is InChI=1S/C15H18BrNO3/c1-10(15(18)19)7-11-8-12(16)3-4-14(11)17-6-5-13(9-17)20-2/h3-4,7-8,13H,5-6,9H2,1-2H3,(H,18,19). The second kappa shape index (κ2) is 6.41. The molecule has 1 aliphatic heterocycles. The second-order valence-corrected chi connectivity index (χ2v) is 5.84. The summed E-state index contributed by atoms with van der Waals surface area (Å²) in [7, 11) is 1.73. The highest BCUT2D eigenvalue weighted by Gasteiger charge is 2.23. The van der Waals surface area contributed by atoms with Crippen molar-refractivity contribution in [2.45, 2.75) is 19.4 Å². The van der Waals surface area contributed by atoms with Gasteiger partial charge in [-0.2, -0.15) is 0 Å². The van der Waals surface area contributed by atoms with Crippen LogP contribution in [-0.2, 0) is 9.53 Å². The molecule has 1 aliphatic rings. The van der Waals surface area contributed by atoms with Crippen LogP contribution in [0.15, 0.2) is 28.2 Å². The minimum atomic E-state index is -0.896. The zero-order valence-electron chi connectivity index (χ0n) is 11.6. The molecule has 0 saturated carbocycles. The minimum Gasteiger partial charge on any atom is -0.478 e. The highest BCUT2D eigenvalue weighted by Crippen LogP contribution is 2.30. The summed E-state index contributed by atoms with van der Waals surface area (Å²) in [6.45, 7) is 3.37. The molecule has 0 bridgehead atoms. The number of carbonyl (C=O) groups is 1. The lowest BCUT2D eigenvalue weighted by Crippen LogP contribution is -2.22. The first kappa shape index (κ1) is 15.1. The molecule has 1 N–H and O–H groups in total. The first-order valence-corrected chi connectivity index (χ1v) is 7.29. The highest BCUT2D eigenvalue weighted by molar-refractivity contribution is 9.10. The number of halogens is 1. The Bertz CT molecular complexity index is 542. The van der Waals surface area contributed by atoms with Crippen molar-refractivity contribution < 1.29 is 14.6 Å². The fourth-order valence-electron chi connectivity index (χ4n) is 2.36. The molecule has 1 atom stereocenters. The molecule has 108 valence electrons. The van der Waals surface area contributed by atoms with E-state index in [1.807, 2.05) is 18.2 Å². The third-order valence-corrected chi connectivity index (χ3v) is 4.01. The second-order valence-electron chi connectivity index (χ2n) is 4.93. The molecule has 0 aliphatic carbocycles. The van der Waals surface area contributed by atoms with Gasteiger partial charge in [-0.3, -0.25) is 0 Å². The van der Waals surface area contributed by atoms with Crippen LogP contribution in [-0.4, -0.2) is 37.4 Å². The number of nitrogens with zero attached hydrogens (tertiary/aromatic N) is 1. The average molecular weight is 340 g/mol. The van der Waals surface area contributed by atoms with Gasteiger partial charge in [0.05, 0.1) is 6.10 Å². The van der Waals surface area contributed by atoms with Crippen LogP contribution in [0.3, 0.4) is 0 Å². The molecule has 1 unspecified atom stereocenters. The zero-order valence-corrected chi connectivity index (χ0v) is 13.2. The number of rotatable bonds is 4. The maximum Gasteiger partial charge on any atom is 0.331 e. The topological polar surface area (TPSA) is 49.8 Å². The van der Waals surface area contributed by atoms with Gasteiger partial charge >= 0.3 is 5.97 Å². The molecule has 0 amide bonds. The van der Waals surface area contributed by atoms with Crippen molar-refractivity contribution in [2.24, 2.45) is 0 Å². The van der Waals surface area contributed by atoms with E-state index in [1.54, 1.807) is 20.1 Å².